The molecule has 2 heterocycles. The molecule has 192 valence electrons. The molecule has 0 bridgehead atoms. The minimum atomic E-state index is -0.557. The molecular weight excluding hydrogens is 499 g/mol. The van der Waals surface area contributed by atoms with Crippen molar-refractivity contribution in [3.63, 3.8) is 0 Å². The minimum Gasteiger partial charge on any atom is -0.465 e. The number of aryl methyl sites for hydroxylation is 1. The molecule has 0 unspecified atom stereocenters. The molecule has 2 fully saturated rings. The van der Waals surface area contributed by atoms with Crippen LogP contribution >= 0.6 is 11.6 Å². The Bertz CT molecular complexity index is 1450. The summed E-state index contributed by atoms with van der Waals surface area (Å²) in [5.74, 6) is -1.24. The van der Waals surface area contributed by atoms with Gasteiger partial charge in [0.2, 0.25) is 5.91 Å². The Kier molecular flexibility index (Phi) is 6.62. The summed E-state index contributed by atoms with van der Waals surface area (Å²) in [6.45, 7) is 1.37. The molecule has 1 aliphatic carbocycles. The number of amides is 1. The molecule has 1 saturated heterocycles. The number of ether oxygens (including phenoxy) is 1. The highest BCUT2D eigenvalue weighted by atomic mass is 35.5. The number of piperidine rings is 1. The van der Waals surface area contributed by atoms with E-state index >= 15 is 0 Å². The number of methoxy groups -OCH3 is 1. The van der Waals surface area contributed by atoms with Gasteiger partial charge in [-0.3, -0.25) is 14.4 Å². The molecule has 2 aliphatic rings. The maximum atomic E-state index is 14.3. The quantitative estimate of drug-likeness (QED) is 0.317. The van der Waals surface area contributed by atoms with E-state index in [1.54, 1.807) is 46.0 Å². The SMILES string of the molecule is COC(=O)c1ccc2c(C(C)=O)cn(CC(=O)N3[C@@H]4C[C@@H]4C[C@H]3C(=O)CCc3cccc(Cl)c3F)c2c1. The van der Waals surface area contributed by atoms with E-state index in [1.165, 1.54) is 20.1 Å². The van der Waals surface area contributed by atoms with Crippen molar-refractivity contribution in [3.05, 3.63) is 70.1 Å². The van der Waals surface area contributed by atoms with E-state index in [9.17, 15) is 23.6 Å². The molecule has 7 nitrogen and oxygen atoms in total. The zero-order chi connectivity index (χ0) is 26.4. The maximum Gasteiger partial charge on any atom is 0.337 e. The lowest BCUT2D eigenvalue weighted by molar-refractivity contribution is -0.139. The first kappa shape index (κ1) is 25.1. The Morgan fingerprint density at radius 1 is 1.14 bits per heavy atom. The van der Waals surface area contributed by atoms with Gasteiger partial charge in [0, 0.05) is 29.6 Å². The maximum absolute atomic E-state index is 14.3. The molecular formula is C28H26ClFN2O5. The van der Waals surface area contributed by atoms with Gasteiger partial charge in [-0.2, -0.15) is 0 Å². The predicted molar refractivity (Wildman–Crippen MR) is 135 cm³/mol. The van der Waals surface area contributed by atoms with E-state index < -0.39 is 17.8 Å². The average molecular weight is 525 g/mol. The highest BCUT2D eigenvalue weighted by Crippen LogP contribution is 2.48. The molecule has 0 radical (unpaired) electrons. The third-order valence-corrected chi connectivity index (χ3v) is 7.72. The van der Waals surface area contributed by atoms with Crippen LogP contribution in [0.1, 0.15) is 52.5 Å². The number of esters is 1. The number of rotatable bonds is 8. The van der Waals surface area contributed by atoms with Crippen LogP contribution < -0.4 is 0 Å². The van der Waals surface area contributed by atoms with Crippen LogP contribution in [0.15, 0.2) is 42.6 Å². The highest BCUT2D eigenvalue weighted by Gasteiger charge is 2.55. The summed E-state index contributed by atoms with van der Waals surface area (Å²) in [6.07, 6.45) is 3.39. The number of aromatic nitrogens is 1. The number of carbonyl (C=O) groups is 4. The molecule has 2 aromatic carbocycles. The Hall–Kier alpha value is -3.52. The van der Waals surface area contributed by atoms with Gasteiger partial charge in [-0.1, -0.05) is 29.8 Å². The van der Waals surface area contributed by atoms with Crippen molar-refractivity contribution in [2.45, 2.75) is 51.2 Å². The van der Waals surface area contributed by atoms with Crippen molar-refractivity contribution in [2.24, 2.45) is 5.92 Å². The molecule has 3 atom stereocenters. The van der Waals surface area contributed by atoms with E-state index in [4.69, 9.17) is 16.3 Å². The number of ketones is 2. The number of benzene rings is 2. The molecule has 3 aromatic rings. The van der Waals surface area contributed by atoms with Crippen LogP contribution in [0.3, 0.4) is 0 Å². The number of Topliss-reactive ketones (excluding diaryl/α,β-unsaturated/α-hetero) is 2. The van der Waals surface area contributed by atoms with Gasteiger partial charge in [0.25, 0.3) is 0 Å². The number of hydrogen-bond donors (Lipinski definition) is 0. The van der Waals surface area contributed by atoms with Crippen molar-refractivity contribution in [1.29, 1.82) is 0 Å². The van der Waals surface area contributed by atoms with E-state index in [0.29, 0.717) is 39.9 Å². The number of carbonyl (C=O) groups excluding carboxylic acids is 4. The molecule has 37 heavy (non-hydrogen) atoms. The second kappa shape index (κ2) is 9.74. The Labute approximate surface area is 218 Å². The fraction of sp³-hybridized carbons (Fsp3) is 0.357. The van der Waals surface area contributed by atoms with Crippen LogP contribution in [-0.2, 0) is 27.3 Å². The number of nitrogens with zero attached hydrogens (tertiary/aromatic N) is 2. The van der Waals surface area contributed by atoms with Crippen molar-refractivity contribution in [1.82, 2.24) is 9.47 Å². The Morgan fingerprint density at radius 2 is 1.92 bits per heavy atom. The number of halogens is 2. The largest absolute Gasteiger partial charge is 0.465 e. The lowest BCUT2D eigenvalue weighted by atomic mass is 10.00. The first-order chi connectivity index (χ1) is 17.7. The van der Waals surface area contributed by atoms with Gasteiger partial charge in [-0.15, -0.1) is 0 Å². The number of fused-ring (bicyclic) bond motifs is 2. The summed E-state index contributed by atoms with van der Waals surface area (Å²) in [7, 11) is 1.29. The van der Waals surface area contributed by atoms with E-state index in [0.717, 1.165) is 6.42 Å². The highest BCUT2D eigenvalue weighted by molar-refractivity contribution is 6.30. The first-order valence-corrected chi connectivity index (χ1v) is 12.6. The first-order valence-electron chi connectivity index (χ1n) is 12.2. The summed E-state index contributed by atoms with van der Waals surface area (Å²) in [4.78, 5) is 52.7. The zero-order valence-corrected chi connectivity index (χ0v) is 21.3. The summed E-state index contributed by atoms with van der Waals surface area (Å²) in [5.41, 5.74) is 1.69. The van der Waals surface area contributed by atoms with Gasteiger partial charge >= 0.3 is 5.97 Å². The fourth-order valence-corrected chi connectivity index (χ4v) is 5.64. The van der Waals surface area contributed by atoms with Gasteiger partial charge in [-0.05, 0) is 55.9 Å². The third kappa shape index (κ3) is 4.66. The topological polar surface area (TPSA) is 85.7 Å². The van der Waals surface area contributed by atoms with Gasteiger partial charge in [-0.25, -0.2) is 9.18 Å². The Morgan fingerprint density at radius 3 is 2.65 bits per heavy atom. The molecule has 1 aliphatic heterocycles. The lowest BCUT2D eigenvalue weighted by Gasteiger charge is -2.27. The van der Waals surface area contributed by atoms with Gasteiger partial charge in [0.1, 0.15) is 12.4 Å². The Balaban J connectivity index is 1.37. The van der Waals surface area contributed by atoms with Crippen molar-refractivity contribution < 1.29 is 28.3 Å². The van der Waals surface area contributed by atoms with Crippen LogP contribution in [-0.4, -0.2) is 52.1 Å². The van der Waals surface area contributed by atoms with Gasteiger partial charge < -0.3 is 14.2 Å². The summed E-state index contributed by atoms with van der Waals surface area (Å²) in [5, 5.41) is 0.651. The van der Waals surface area contributed by atoms with Crippen molar-refractivity contribution in [3.8, 4) is 0 Å². The standard InChI is InChI=1S/C28H26ClFN2O5/c1-15(33)20-13-31(23-10-17(28(36)37-2)6-8-19(20)23)14-26(35)32-22-11-18(22)12-24(32)25(34)9-7-16-4-3-5-21(29)27(16)30/h3-6,8,10,13,18,22,24H,7,9,11-12,14H2,1-2H3/t18-,22-,24+/m1/s1. The molecule has 1 amide bonds. The monoisotopic (exact) mass is 524 g/mol. The van der Waals surface area contributed by atoms with Gasteiger partial charge in [0.05, 0.1) is 29.3 Å². The summed E-state index contributed by atoms with van der Waals surface area (Å²) >= 11 is 5.86. The minimum absolute atomic E-state index is 0.0168. The van der Waals surface area contributed by atoms with Crippen LogP contribution in [0.25, 0.3) is 10.9 Å². The molecule has 0 N–H and O–H groups in total. The second-order valence-corrected chi connectivity index (χ2v) is 10.2. The molecule has 0 spiro atoms. The third-order valence-electron chi connectivity index (χ3n) is 7.42. The summed E-state index contributed by atoms with van der Waals surface area (Å²) in [6, 6.07) is 9.04. The normalized spacial score (nSPS) is 20.1. The van der Waals surface area contributed by atoms with Gasteiger partial charge in [0.15, 0.2) is 11.6 Å². The molecule has 5 rings (SSSR count). The van der Waals surface area contributed by atoms with Crippen molar-refractivity contribution in [2.75, 3.05) is 7.11 Å². The average Bonchev–Trinajstić information content (AvgIpc) is 3.39. The van der Waals surface area contributed by atoms with Crippen LogP contribution in [0.4, 0.5) is 4.39 Å². The van der Waals surface area contributed by atoms with Crippen molar-refractivity contribution >= 4 is 45.9 Å². The lowest BCUT2D eigenvalue weighted by Crippen LogP contribution is -2.44. The van der Waals surface area contributed by atoms with E-state index in [1.807, 2.05) is 0 Å². The van der Waals surface area contributed by atoms with E-state index in [2.05, 4.69) is 0 Å². The van der Waals surface area contributed by atoms with E-state index in [-0.39, 0.29) is 47.9 Å². The summed E-state index contributed by atoms with van der Waals surface area (Å²) < 4.78 is 20.7. The molecule has 1 aromatic heterocycles. The second-order valence-electron chi connectivity index (χ2n) is 9.75. The number of hydrogen-bond acceptors (Lipinski definition) is 5. The van der Waals surface area contributed by atoms with Crippen LogP contribution in [0, 0.1) is 11.7 Å². The number of likely N-dealkylation sites (tertiary alicyclic amines) is 1. The smallest absolute Gasteiger partial charge is 0.337 e. The fourth-order valence-electron chi connectivity index (χ4n) is 5.44. The molecule has 9 heteroatoms. The van der Waals surface area contributed by atoms with Crippen LogP contribution in [0.5, 0.6) is 0 Å². The van der Waals surface area contributed by atoms with Crippen LogP contribution in [0.2, 0.25) is 5.02 Å². The predicted octanol–water partition coefficient (Wildman–Crippen LogP) is 4.61. The molecule has 1 saturated carbocycles. The zero-order valence-electron chi connectivity index (χ0n) is 20.5.